The molecule has 0 spiro atoms. The molecule has 1 aliphatic heterocycles. The molecule has 1 aromatic carbocycles. The van der Waals surface area contributed by atoms with Crippen LogP contribution in [0.3, 0.4) is 0 Å². The van der Waals surface area contributed by atoms with Crippen molar-refractivity contribution in [1.29, 1.82) is 0 Å². The number of alkyl halides is 3. The molecule has 1 amide bonds. The van der Waals surface area contributed by atoms with Crippen LogP contribution in [0.15, 0.2) is 30.5 Å². The van der Waals surface area contributed by atoms with Crippen LogP contribution >= 0.6 is 0 Å². The number of aliphatic hydroxyl groups excluding tert-OH is 1. The number of piperidine rings is 1. The van der Waals surface area contributed by atoms with Crippen molar-refractivity contribution in [2.75, 3.05) is 23.3 Å². The average molecular weight is 610 g/mol. The first kappa shape index (κ1) is 30.7. The molecule has 1 fully saturated rings. The molecule has 3 atom stereocenters. The highest BCUT2D eigenvalue weighted by atomic mass is 19.4. The van der Waals surface area contributed by atoms with Gasteiger partial charge in [-0.05, 0) is 62.9 Å². The Hall–Kier alpha value is -3.75. The van der Waals surface area contributed by atoms with Gasteiger partial charge in [0.1, 0.15) is 28.8 Å². The first-order valence-electron chi connectivity index (χ1n) is 13.5. The van der Waals surface area contributed by atoms with Crippen molar-refractivity contribution in [2.45, 2.75) is 57.0 Å². The van der Waals surface area contributed by atoms with Gasteiger partial charge in [-0.2, -0.15) is 13.2 Å². The van der Waals surface area contributed by atoms with Crippen molar-refractivity contribution < 1.29 is 41.4 Å². The van der Waals surface area contributed by atoms with E-state index in [0.29, 0.717) is 5.56 Å². The summed E-state index contributed by atoms with van der Waals surface area (Å²) in [6.45, 7) is 2.23. The van der Waals surface area contributed by atoms with Crippen molar-refractivity contribution in [1.82, 2.24) is 9.97 Å². The zero-order valence-electron chi connectivity index (χ0n) is 23.1. The Morgan fingerprint density at radius 3 is 2.40 bits per heavy atom. The normalized spacial score (nSPS) is 20.7. The molecule has 2 aromatic heterocycles. The number of carbonyl (C=O) groups is 1. The number of benzene rings is 1. The molecular weight excluding hydrogens is 580 g/mol. The summed E-state index contributed by atoms with van der Waals surface area (Å²) in [7, 11) is 0. The fraction of sp³-hybridized carbons (Fsp3) is 0.414. The number of amides is 1. The van der Waals surface area contributed by atoms with Gasteiger partial charge in [0, 0.05) is 24.7 Å². The summed E-state index contributed by atoms with van der Waals surface area (Å²) in [4.78, 5) is 22.8. The van der Waals surface area contributed by atoms with Crippen molar-refractivity contribution >= 4 is 17.3 Å². The van der Waals surface area contributed by atoms with E-state index in [-0.39, 0.29) is 48.4 Å². The van der Waals surface area contributed by atoms with Crippen molar-refractivity contribution in [3.63, 3.8) is 0 Å². The summed E-state index contributed by atoms with van der Waals surface area (Å²) in [6, 6.07) is 2.63. The molecule has 0 saturated carbocycles. The second kappa shape index (κ2) is 11.1. The highest BCUT2D eigenvalue weighted by Gasteiger charge is 2.45. The number of anilines is 2. The molecule has 0 radical (unpaired) electrons. The van der Waals surface area contributed by atoms with E-state index in [1.54, 1.807) is 0 Å². The summed E-state index contributed by atoms with van der Waals surface area (Å²) >= 11 is 0. The standard InChI is InChI=1S/C29H29F6N5O3/c1-28(2,43)13-8-18(31)23(19(32)9-13)25-17(30)4-5-20(38-25)27(42)39-21-10-37-24-16(3-6-22(24)41)26(21)40-11-14(29(33,34)35)7-15(36)12-40/h4-5,8-10,14-15,22,41,43H,3,6-7,11-12,36H2,1-2H3,(H,39,42)/t14-,15+,22+/m1/s1. The van der Waals surface area contributed by atoms with Gasteiger partial charge < -0.3 is 26.2 Å². The summed E-state index contributed by atoms with van der Waals surface area (Å²) in [5.41, 5.74) is 3.17. The lowest BCUT2D eigenvalue weighted by atomic mass is 9.93. The van der Waals surface area contributed by atoms with Crippen LogP contribution in [-0.2, 0) is 12.0 Å². The minimum absolute atomic E-state index is 0.00689. The molecule has 3 aromatic rings. The maximum absolute atomic E-state index is 15.0. The van der Waals surface area contributed by atoms with Gasteiger partial charge in [-0.3, -0.25) is 9.78 Å². The number of hydrogen-bond donors (Lipinski definition) is 4. The number of nitrogens with one attached hydrogen (secondary N) is 1. The zero-order chi connectivity index (χ0) is 31.4. The molecule has 1 aliphatic carbocycles. The fourth-order valence-electron chi connectivity index (χ4n) is 5.60. The van der Waals surface area contributed by atoms with Crippen LogP contribution in [0.1, 0.15) is 60.1 Å². The molecule has 0 bridgehead atoms. The van der Waals surface area contributed by atoms with Crippen LogP contribution in [0, 0.1) is 23.4 Å². The summed E-state index contributed by atoms with van der Waals surface area (Å²) < 4.78 is 85.9. The Morgan fingerprint density at radius 2 is 1.77 bits per heavy atom. The second-order valence-electron chi connectivity index (χ2n) is 11.4. The number of aromatic nitrogens is 2. The van der Waals surface area contributed by atoms with Crippen LogP contribution in [0.5, 0.6) is 0 Å². The Morgan fingerprint density at radius 1 is 1.09 bits per heavy atom. The van der Waals surface area contributed by atoms with Gasteiger partial charge in [-0.1, -0.05) is 0 Å². The van der Waals surface area contributed by atoms with Gasteiger partial charge in [0.2, 0.25) is 0 Å². The number of pyridine rings is 2. The molecule has 14 heteroatoms. The van der Waals surface area contributed by atoms with Crippen molar-refractivity contribution in [3.8, 4) is 11.3 Å². The number of nitrogens with zero attached hydrogens (tertiary/aromatic N) is 3. The summed E-state index contributed by atoms with van der Waals surface area (Å²) in [5.74, 6) is -6.25. The quantitative estimate of drug-likeness (QED) is 0.308. The molecule has 2 aliphatic rings. The molecule has 5 N–H and O–H groups in total. The number of aliphatic hydroxyl groups is 2. The number of halogens is 6. The van der Waals surface area contributed by atoms with Crippen LogP contribution in [-0.4, -0.2) is 51.4 Å². The van der Waals surface area contributed by atoms with Crippen LogP contribution in [0.4, 0.5) is 37.7 Å². The fourth-order valence-corrected chi connectivity index (χ4v) is 5.60. The Kier molecular flexibility index (Phi) is 7.90. The minimum Gasteiger partial charge on any atom is -0.387 e. The van der Waals surface area contributed by atoms with Gasteiger partial charge in [-0.25, -0.2) is 18.2 Å². The van der Waals surface area contributed by atoms with E-state index in [1.165, 1.54) is 24.9 Å². The minimum atomic E-state index is -4.51. The van der Waals surface area contributed by atoms with Gasteiger partial charge in [0.05, 0.1) is 46.5 Å². The summed E-state index contributed by atoms with van der Waals surface area (Å²) in [5, 5.41) is 23.0. The number of carbonyl (C=O) groups excluding carboxylic acids is 1. The topological polar surface area (TPSA) is 125 Å². The molecular formula is C29H29F6N5O3. The van der Waals surface area contributed by atoms with E-state index < -0.39 is 76.7 Å². The SMILES string of the molecule is CC(C)(O)c1cc(F)c(-c2nc(C(=O)Nc3cnc4c(c3N3C[C@@H](N)C[C@@H](C(F)(F)F)C3)CC[C@@H]4O)ccc2F)c(F)c1. The number of nitrogens with two attached hydrogens (primary N) is 1. The molecule has 5 rings (SSSR count). The number of hydrogen-bond acceptors (Lipinski definition) is 7. The summed E-state index contributed by atoms with van der Waals surface area (Å²) in [6.07, 6.45) is -3.97. The first-order valence-corrected chi connectivity index (χ1v) is 13.5. The predicted molar refractivity (Wildman–Crippen MR) is 145 cm³/mol. The maximum Gasteiger partial charge on any atom is 0.393 e. The van der Waals surface area contributed by atoms with Crippen LogP contribution in [0.2, 0.25) is 0 Å². The molecule has 230 valence electrons. The third kappa shape index (κ3) is 6.04. The Labute approximate surface area is 242 Å². The smallest absolute Gasteiger partial charge is 0.387 e. The van der Waals surface area contributed by atoms with Crippen LogP contribution < -0.4 is 16.0 Å². The third-order valence-corrected chi connectivity index (χ3v) is 7.74. The number of rotatable bonds is 5. The highest BCUT2D eigenvalue weighted by Crippen LogP contribution is 2.43. The van der Waals surface area contributed by atoms with Gasteiger partial charge >= 0.3 is 6.18 Å². The van der Waals surface area contributed by atoms with Gasteiger partial charge in [0.15, 0.2) is 0 Å². The first-order chi connectivity index (χ1) is 20.0. The van der Waals surface area contributed by atoms with Crippen molar-refractivity contribution in [2.24, 2.45) is 11.7 Å². The third-order valence-electron chi connectivity index (χ3n) is 7.74. The average Bonchev–Trinajstić information content (AvgIpc) is 3.28. The van der Waals surface area contributed by atoms with E-state index in [4.69, 9.17) is 5.73 Å². The molecule has 0 unspecified atom stereocenters. The van der Waals surface area contributed by atoms with Crippen LogP contribution in [0.25, 0.3) is 11.3 Å². The van der Waals surface area contributed by atoms with E-state index >= 15 is 0 Å². The predicted octanol–water partition coefficient (Wildman–Crippen LogP) is 4.74. The van der Waals surface area contributed by atoms with E-state index in [1.807, 2.05) is 0 Å². The zero-order valence-corrected chi connectivity index (χ0v) is 23.1. The van der Waals surface area contributed by atoms with Gasteiger partial charge in [-0.15, -0.1) is 0 Å². The van der Waals surface area contributed by atoms with Gasteiger partial charge in [0.25, 0.3) is 5.91 Å². The molecule has 8 nitrogen and oxygen atoms in total. The van der Waals surface area contributed by atoms with E-state index in [9.17, 15) is 41.4 Å². The van der Waals surface area contributed by atoms with Crippen molar-refractivity contribution in [3.05, 3.63) is 70.4 Å². The number of fused-ring (bicyclic) bond motifs is 1. The lowest BCUT2D eigenvalue weighted by Gasteiger charge is -2.40. The Balaban J connectivity index is 1.52. The highest BCUT2D eigenvalue weighted by molar-refractivity contribution is 6.05. The maximum atomic E-state index is 15.0. The molecule has 1 saturated heterocycles. The van der Waals surface area contributed by atoms with E-state index in [2.05, 4.69) is 15.3 Å². The second-order valence-corrected chi connectivity index (χ2v) is 11.4. The lowest BCUT2D eigenvalue weighted by Crippen LogP contribution is -2.51. The molecule has 43 heavy (non-hydrogen) atoms. The lowest BCUT2D eigenvalue weighted by molar-refractivity contribution is -0.177. The van der Waals surface area contributed by atoms with E-state index in [0.717, 1.165) is 24.3 Å². The monoisotopic (exact) mass is 609 g/mol. The Bertz CT molecular complexity index is 1550. The largest absolute Gasteiger partial charge is 0.393 e. The molecule has 3 heterocycles.